The second-order valence-electron chi connectivity index (χ2n) is 4.07. The largest absolute Gasteiger partial charge is 0.335 e. The summed E-state index contributed by atoms with van der Waals surface area (Å²) in [7, 11) is 0. The maximum atomic E-state index is 12.4. The third kappa shape index (κ3) is 2.85. The first-order valence-electron chi connectivity index (χ1n) is 5.45. The van der Waals surface area contributed by atoms with E-state index in [9.17, 15) is 4.79 Å². The summed E-state index contributed by atoms with van der Waals surface area (Å²) < 4.78 is 0.887. The fraction of sp³-hybridized carbons (Fsp3) is 0.417. The number of benzene rings is 1. The standard InChI is InChI=1S/C12H12Br2ClNO/c13-7-9-2-1-5-16(9)12(17)10-4-3-8(14)6-11(10)15/h3-4,6,9H,1-2,5,7H2. The van der Waals surface area contributed by atoms with E-state index in [-0.39, 0.29) is 5.91 Å². The molecule has 1 fully saturated rings. The fourth-order valence-corrected chi connectivity index (χ4v) is 3.51. The molecule has 92 valence electrons. The zero-order valence-electron chi connectivity index (χ0n) is 9.13. The van der Waals surface area contributed by atoms with Crippen LogP contribution in [0.3, 0.4) is 0 Å². The number of hydrogen-bond acceptors (Lipinski definition) is 1. The predicted molar refractivity (Wildman–Crippen MR) is 77.0 cm³/mol. The zero-order chi connectivity index (χ0) is 12.4. The molecule has 0 radical (unpaired) electrons. The predicted octanol–water partition coefficient (Wildman–Crippen LogP) is 4.10. The van der Waals surface area contributed by atoms with Gasteiger partial charge in [0.2, 0.25) is 0 Å². The number of likely N-dealkylation sites (tertiary alicyclic amines) is 1. The molecule has 0 saturated carbocycles. The third-order valence-electron chi connectivity index (χ3n) is 2.98. The summed E-state index contributed by atoms with van der Waals surface area (Å²) in [6, 6.07) is 5.67. The quantitative estimate of drug-likeness (QED) is 0.707. The Morgan fingerprint density at radius 1 is 1.53 bits per heavy atom. The summed E-state index contributed by atoms with van der Waals surface area (Å²) in [5.41, 5.74) is 0.586. The van der Waals surface area contributed by atoms with Crippen molar-refractivity contribution >= 4 is 49.4 Å². The molecule has 2 nitrogen and oxygen atoms in total. The van der Waals surface area contributed by atoms with Gasteiger partial charge in [-0.2, -0.15) is 0 Å². The van der Waals surface area contributed by atoms with Crippen molar-refractivity contribution in [2.24, 2.45) is 0 Å². The van der Waals surface area contributed by atoms with E-state index in [1.807, 2.05) is 11.0 Å². The SMILES string of the molecule is O=C(c1ccc(Br)cc1Cl)N1CCCC1CBr. The van der Waals surface area contributed by atoms with E-state index in [4.69, 9.17) is 11.6 Å². The van der Waals surface area contributed by atoms with Gasteiger partial charge in [-0.05, 0) is 31.0 Å². The van der Waals surface area contributed by atoms with E-state index in [1.54, 1.807) is 12.1 Å². The zero-order valence-corrected chi connectivity index (χ0v) is 13.1. The Bertz CT molecular complexity index is 439. The van der Waals surface area contributed by atoms with Gasteiger partial charge in [-0.1, -0.05) is 43.5 Å². The van der Waals surface area contributed by atoms with Crippen molar-refractivity contribution in [3.8, 4) is 0 Å². The van der Waals surface area contributed by atoms with E-state index < -0.39 is 0 Å². The Labute approximate surface area is 123 Å². The van der Waals surface area contributed by atoms with Gasteiger partial charge in [0.25, 0.3) is 5.91 Å². The molecule has 0 bridgehead atoms. The van der Waals surface area contributed by atoms with Crippen LogP contribution in [0.1, 0.15) is 23.2 Å². The van der Waals surface area contributed by atoms with Crippen LogP contribution in [0, 0.1) is 0 Å². The second-order valence-corrected chi connectivity index (χ2v) is 6.04. The van der Waals surface area contributed by atoms with Gasteiger partial charge >= 0.3 is 0 Å². The minimum atomic E-state index is 0.0319. The summed E-state index contributed by atoms with van der Waals surface area (Å²) in [5.74, 6) is 0.0319. The van der Waals surface area contributed by atoms with E-state index >= 15 is 0 Å². The number of hydrogen-bond donors (Lipinski definition) is 0. The molecular weight excluding hydrogens is 369 g/mol. The van der Waals surface area contributed by atoms with Crippen molar-refractivity contribution in [2.45, 2.75) is 18.9 Å². The van der Waals surface area contributed by atoms with Crippen LogP contribution >= 0.6 is 43.5 Å². The number of amides is 1. The van der Waals surface area contributed by atoms with Crippen LogP contribution in [0.2, 0.25) is 5.02 Å². The van der Waals surface area contributed by atoms with Gasteiger partial charge in [0.1, 0.15) is 0 Å². The summed E-state index contributed by atoms with van der Waals surface area (Å²) >= 11 is 12.9. The van der Waals surface area contributed by atoms with Gasteiger partial charge in [0, 0.05) is 22.4 Å². The maximum absolute atomic E-state index is 12.4. The Kier molecular flexibility index (Phi) is 4.50. The first kappa shape index (κ1) is 13.4. The van der Waals surface area contributed by atoms with Crippen molar-refractivity contribution in [1.29, 1.82) is 0 Å². The summed E-state index contributed by atoms with van der Waals surface area (Å²) in [5, 5.41) is 1.33. The molecule has 1 aromatic carbocycles. The number of carbonyl (C=O) groups excluding carboxylic acids is 1. The lowest BCUT2D eigenvalue weighted by Crippen LogP contribution is -2.36. The normalized spacial score (nSPS) is 19.7. The van der Waals surface area contributed by atoms with Crippen molar-refractivity contribution < 1.29 is 4.79 Å². The Morgan fingerprint density at radius 3 is 2.94 bits per heavy atom. The Balaban J connectivity index is 2.24. The first-order chi connectivity index (χ1) is 8.13. The van der Waals surface area contributed by atoms with E-state index in [0.717, 1.165) is 29.2 Å². The minimum Gasteiger partial charge on any atom is -0.335 e. The lowest BCUT2D eigenvalue weighted by molar-refractivity contribution is 0.0750. The molecule has 17 heavy (non-hydrogen) atoms. The molecule has 0 aliphatic carbocycles. The van der Waals surface area contributed by atoms with E-state index in [0.29, 0.717) is 16.6 Å². The van der Waals surface area contributed by atoms with Gasteiger partial charge in [0.15, 0.2) is 0 Å². The molecule has 0 aromatic heterocycles. The highest BCUT2D eigenvalue weighted by atomic mass is 79.9. The molecule has 2 rings (SSSR count). The number of alkyl halides is 1. The highest BCUT2D eigenvalue weighted by molar-refractivity contribution is 9.10. The molecule has 5 heteroatoms. The van der Waals surface area contributed by atoms with Crippen LogP contribution in [0.4, 0.5) is 0 Å². The van der Waals surface area contributed by atoms with Gasteiger partial charge < -0.3 is 4.90 Å². The van der Waals surface area contributed by atoms with Crippen LogP contribution in [0.5, 0.6) is 0 Å². The topological polar surface area (TPSA) is 20.3 Å². The molecular formula is C12H12Br2ClNO. The Morgan fingerprint density at radius 2 is 2.29 bits per heavy atom. The molecule has 0 spiro atoms. The molecule has 1 heterocycles. The molecule has 1 atom stereocenters. The average molecular weight is 381 g/mol. The molecule has 1 amide bonds. The van der Waals surface area contributed by atoms with E-state index in [1.165, 1.54) is 0 Å². The van der Waals surface area contributed by atoms with Gasteiger partial charge in [-0.3, -0.25) is 4.79 Å². The monoisotopic (exact) mass is 379 g/mol. The lowest BCUT2D eigenvalue weighted by Gasteiger charge is -2.23. The number of rotatable bonds is 2. The van der Waals surface area contributed by atoms with Crippen LogP contribution in [-0.4, -0.2) is 28.7 Å². The molecule has 0 N–H and O–H groups in total. The second kappa shape index (κ2) is 5.72. The Hall–Kier alpha value is -0.0600. The van der Waals surface area contributed by atoms with Crippen molar-refractivity contribution in [3.63, 3.8) is 0 Å². The van der Waals surface area contributed by atoms with Crippen molar-refractivity contribution in [2.75, 3.05) is 11.9 Å². The third-order valence-corrected chi connectivity index (χ3v) is 4.53. The van der Waals surface area contributed by atoms with Crippen LogP contribution in [0.15, 0.2) is 22.7 Å². The summed E-state index contributed by atoms with van der Waals surface area (Å²) in [6.45, 7) is 0.821. The summed E-state index contributed by atoms with van der Waals surface area (Å²) in [4.78, 5) is 14.3. The van der Waals surface area contributed by atoms with Crippen LogP contribution < -0.4 is 0 Å². The molecule has 1 aromatic rings. The number of nitrogens with zero attached hydrogens (tertiary/aromatic N) is 1. The maximum Gasteiger partial charge on any atom is 0.255 e. The fourth-order valence-electron chi connectivity index (χ4n) is 2.08. The minimum absolute atomic E-state index is 0.0319. The van der Waals surface area contributed by atoms with Gasteiger partial charge in [0.05, 0.1) is 10.6 Å². The first-order valence-corrected chi connectivity index (χ1v) is 7.74. The average Bonchev–Trinajstić information content (AvgIpc) is 2.76. The highest BCUT2D eigenvalue weighted by Gasteiger charge is 2.29. The van der Waals surface area contributed by atoms with Gasteiger partial charge in [-0.25, -0.2) is 0 Å². The van der Waals surface area contributed by atoms with Gasteiger partial charge in [-0.15, -0.1) is 0 Å². The van der Waals surface area contributed by atoms with E-state index in [2.05, 4.69) is 31.9 Å². The van der Waals surface area contributed by atoms with Crippen molar-refractivity contribution in [1.82, 2.24) is 4.90 Å². The smallest absolute Gasteiger partial charge is 0.255 e. The number of halogens is 3. The molecule has 1 saturated heterocycles. The summed E-state index contributed by atoms with van der Waals surface area (Å²) in [6.07, 6.45) is 2.13. The van der Waals surface area contributed by atoms with Crippen molar-refractivity contribution in [3.05, 3.63) is 33.3 Å². The van der Waals surface area contributed by atoms with Crippen LogP contribution in [-0.2, 0) is 0 Å². The number of carbonyl (C=O) groups is 1. The highest BCUT2D eigenvalue weighted by Crippen LogP contribution is 2.26. The lowest BCUT2D eigenvalue weighted by atomic mass is 10.2. The molecule has 1 unspecified atom stereocenters. The molecule has 1 aliphatic rings. The van der Waals surface area contributed by atoms with Crippen LogP contribution in [0.25, 0.3) is 0 Å². The molecule has 1 aliphatic heterocycles.